The normalized spacial score (nSPS) is 11.5. The van der Waals surface area contributed by atoms with Crippen molar-refractivity contribution in [3.05, 3.63) is 39.4 Å². The molecule has 0 aromatic heterocycles. The topological polar surface area (TPSA) is 37.3 Å². The second-order valence-electron chi connectivity index (χ2n) is 3.16. The zero-order chi connectivity index (χ0) is 10.7. The number of rotatable bonds is 2. The molecule has 1 rings (SSSR count). The van der Waals surface area contributed by atoms with E-state index in [1.165, 1.54) is 0 Å². The van der Waals surface area contributed by atoms with Crippen LogP contribution in [0, 0.1) is 6.92 Å². The van der Waals surface area contributed by atoms with Gasteiger partial charge in [0.05, 0.1) is 0 Å². The predicted molar refractivity (Wildman–Crippen MR) is 60.2 cm³/mol. The van der Waals surface area contributed by atoms with Gasteiger partial charge in [-0.25, -0.2) is 4.79 Å². The van der Waals surface area contributed by atoms with E-state index in [1.54, 1.807) is 13.0 Å². The molecule has 0 atom stereocenters. The first-order valence-electron chi connectivity index (χ1n) is 4.18. The van der Waals surface area contributed by atoms with E-state index in [2.05, 4.69) is 15.9 Å². The maximum absolute atomic E-state index is 10.6. The zero-order valence-corrected chi connectivity index (χ0v) is 9.63. The third kappa shape index (κ3) is 2.70. The van der Waals surface area contributed by atoms with Crippen molar-refractivity contribution in [2.24, 2.45) is 0 Å². The third-order valence-corrected chi connectivity index (χ3v) is 2.55. The van der Waals surface area contributed by atoms with E-state index < -0.39 is 5.97 Å². The number of aliphatic carboxylic acids is 1. The first-order valence-corrected chi connectivity index (χ1v) is 4.98. The van der Waals surface area contributed by atoms with Crippen LogP contribution in [0.5, 0.6) is 0 Å². The smallest absolute Gasteiger partial charge is 0.331 e. The molecule has 0 saturated carbocycles. The molecule has 0 heterocycles. The molecule has 1 aromatic carbocycles. The monoisotopic (exact) mass is 254 g/mol. The first kappa shape index (κ1) is 11.0. The highest BCUT2D eigenvalue weighted by Gasteiger charge is 2.02. The fourth-order valence-corrected chi connectivity index (χ4v) is 1.65. The van der Waals surface area contributed by atoms with E-state index in [9.17, 15) is 4.79 Å². The third-order valence-electron chi connectivity index (χ3n) is 1.87. The Bertz CT molecular complexity index is 394. The Morgan fingerprint density at radius 2 is 2.14 bits per heavy atom. The van der Waals surface area contributed by atoms with Crippen LogP contribution in [0.4, 0.5) is 0 Å². The lowest BCUT2D eigenvalue weighted by atomic mass is 10.1. The van der Waals surface area contributed by atoms with E-state index in [4.69, 9.17) is 5.11 Å². The van der Waals surface area contributed by atoms with Crippen molar-refractivity contribution < 1.29 is 9.90 Å². The van der Waals surface area contributed by atoms with Crippen LogP contribution >= 0.6 is 15.9 Å². The minimum Gasteiger partial charge on any atom is -0.478 e. The molecule has 0 amide bonds. The standard InChI is InChI=1S/C11H11BrO2/c1-7-3-4-9(10(12)5-7)6-8(2)11(13)14/h3-6H,1-2H3,(H,13,14)/b8-6+. The summed E-state index contributed by atoms with van der Waals surface area (Å²) < 4.78 is 0.915. The SMILES string of the molecule is C/C(=C\c1ccc(C)cc1Br)C(=O)O. The predicted octanol–water partition coefficient (Wildman–Crippen LogP) is 3.25. The van der Waals surface area contributed by atoms with E-state index in [-0.39, 0.29) is 0 Å². The van der Waals surface area contributed by atoms with Gasteiger partial charge in [-0.1, -0.05) is 28.1 Å². The maximum Gasteiger partial charge on any atom is 0.331 e. The average molecular weight is 255 g/mol. The molecule has 0 spiro atoms. The molecule has 1 N–H and O–H groups in total. The number of hydrogen-bond donors (Lipinski definition) is 1. The Morgan fingerprint density at radius 3 is 2.64 bits per heavy atom. The van der Waals surface area contributed by atoms with Gasteiger partial charge in [0.25, 0.3) is 0 Å². The van der Waals surface area contributed by atoms with Gasteiger partial charge < -0.3 is 5.11 Å². The lowest BCUT2D eigenvalue weighted by molar-refractivity contribution is -0.132. The number of halogens is 1. The highest BCUT2D eigenvalue weighted by molar-refractivity contribution is 9.10. The van der Waals surface area contributed by atoms with Crippen molar-refractivity contribution >= 4 is 28.0 Å². The lowest BCUT2D eigenvalue weighted by Gasteiger charge is -2.01. The lowest BCUT2D eigenvalue weighted by Crippen LogP contribution is -1.95. The van der Waals surface area contributed by atoms with Crippen molar-refractivity contribution in [1.29, 1.82) is 0 Å². The molecule has 1 aromatic rings. The summed E-state index contributed by atoms with van der Waals surface area (Å²) in [6, 6.07) is 5.80. The fourth-order valence-electron chi connectivity index (χ4n) is 1.04. The minimum atomic E-state index is -0.891. The van der Waals surface area contributed by atoms with Gasteiger partial charge in [0, 0.05) is 10.0 Å². The molecule has 0 radical (unpaired) electrons. The van der Waals surface area contributed by atoms with Gasteiger partial charge >= 0.3 is 5.97 Å². The van der Waals surface area contributed by atoms with Crippen molar-refractivity contribution in [2.75, 3.05) is 0 Å². The van der Waals surface area contributed by atoms with Gasteiger partial charge in [-0.3, -0.25) is 0 Å². The van der Waals surface area contributed by atoms with Gasteiger partial charge in [0.2, 0.25) is 0 Å². The zero-order valence-electron chi connectivity index (χ0n) is 8.04. The van der Waals surface area contributed by atoms with E-state index in [0.29, 0.717) is 5.57 Å². The van der Waals surface area contributed by atoms with Crippen molar-refractivity contribution in [3.63, 3.8) is 0 Å². The molecule has 0 aliphatic heterocycles. The summed E-state index contributed by atoms with van der Waals surface area (Å²) in [6.45, 7) is 3.57. The van der Waals surface area contributed by atoms with E-state index >= 15 is 0 Å². The summed E-state index contributed by atoms with van der Waals surface area (Å²) in [5.41, 5.74) is 2.35. The molecule has 3 heteroatoms. The molecule has 14 heavy (non-hydrogen) atoms. The Morgan fingerprint density at radius 1 is 1.50 bits per heavy atom. The van der Waals surface area contributed by atoms with Gasteiger partial charge in [-0.15, -0.1) is 0 Å². The quantitative estimate of drug-likeness (QED) is 0.823. The summed E-state index contributed by atoms with van der Waals surface area (Å²) in [5.74, 6) is -0.891. The van der Waals surface area contributed by atoms with Crippen LogP contribution in [0.2, 0.25) is 0 Å². The Kier molecular flexibility index (Phi) is 3.47. The maximum atomic E-state index is 10.6. The van der Waals surface area contributed by atoms with Crippen LogP contribution in [-0.2, 0) is 4.79 Å². The molecule has 0 bridgehead atoms. The Labute approximate surface area is 91.4 Å². The summed E-state index contributed by atoms with van der Waals surface area (Å²) in [4.78, 5) is 10.6. The van der Waals surface area contributed by atoms with Crippen molar-refractivity contribution in [3.8, 4) is 0 Å². The first-order chi connectivity index (χ1) is 6.50. The average Bonchev–Trinajstić information content (AvgIpc) is 2.09. The number of aryl methyl sites for hydroxylation is 1. The van der Waals surface area contributed by atoms with Crippen LogP contribution < -0.4 is 0 Å². The summed E-state index contributed by atoms with van der Waals surface area (Å²) >= 11 is 3.39. The van der Waals surface area contributed by atoms with Crippen LogP contribution in [0.3, 0.4) is 0 Å². The van der Waals surface area contributed by atoms with Gasteiger partial charge in [-0.2, -0.15) is 0 Å². The molecular weight excluding hydrogens is 244 g/mol. The van der Waals surface area contributed by atoms with Crippen LogP contribution in [-0.4, -0.2) is 11.1 Å². The molecule has 0 saturated heterocycles. The van der Waals surface area contributed by atoms with Gasteiger partial charge in [0.1, 0.15) is 0 Å². The van der Waals surface area contributed by atoms with Gasteiger partial charge in [0.15, 0.2) is 0 Å². The summed E-state index contributed by atoms with van der Waals surface area (Å²) in [7, 11) is 0. The van der Waals surface area contributed by atoms with E-state index in [1.807, 2.05) is 25.1 Å². The second kappa shape index (κ2) is 4.42. The molecule has 74 valence electrons. The van der Waals surface area contributed by atoms with Crippen molar-refractivity contribution in [2.45, 2.75) is 13.8 Å². The largest absolute Gasteiger partial charge is 0.478 e. The molecule has 2 nitrogen and oxygen atoms in total. The summed E-state index contributed by atoms with van der Waals surface area (Å²) in [6.07, 6.45) is 1.64. The van der Waals surface area contributed by atoms with E-state index in [0.717, 1.165) is 15.6 Å². The Hall–Kier alpha value is -1.09. The van der Waals surface area contributed by atoms with Crippen molar-refractivity contribution in [1.82, 2.24) is 0 Å². The molecule has 0 aliphatic rings. The fraction of sp³-hybridized carbons (Fsp3) is 0.182. The summed E-state index contributed by atoms with van der Waals surface area (Å²) in [5, 5.41) is 8.71. The number of carbonyl (C=O) groups is 1. The van der Waals surface area contributed by atoms with Gasteiger partial charge in [-0.05, 0) is 37.1 Å². The van der Waals surface area contributed by atoms with Crippen LogP contribution in [0.15, 0.2) is 28.2 Å². The highest BCUT2D eigenvalue weighted by Crippen LogP contribution is 2.20. The van der Waals surface area contributed by atoms with Crippen LogP contribution in [0.25, 0.3) is 6.08 Å². The second-order valence-corrected chi connectivity index (χ2v) is 4.01. The molecule has 0 unspecified atom stereocenters. The molecule has 0 aliphatic carbocycles. The number of benzene rings is 1. The Balaban J connectivity index is 3.09. The molecular formula is C11H11BrO2. The number of carboxylic acid groups (broad SMARTS) is 1. The molecule has 0 fully saturated rings. The minimum absolute atomic E-state index is 0.328. The number of hydrogen-bond acceptors (Lipinski definition) is 1. The van der Waals surface area contributed by atoms with Crippen LogP contribution in [0.1, 0.15) is 18.1 Å². The number of carboxylic acids is 1. The highest BCUT2D eigenvalue weighted by atomic mass is 79.9.